The summed E-state index contributed by atoms with van der Waals surface area (Å²) in [6.45, 7) is 6.02. The molecule has 6 rings (SSSR count). The molecule has 0 saturated heterocycles. The van der Waals surface area contributed by atoms with Gasteiger partial charge in [0, 0.05) is 0 Å². The van der Waals surface area contributed by atoms with Crippen molar-refractivity contribution in [2.75, 3.05) is 0 Å². The van der Waals surface area contributed by atoms with Crippen LogP contribution in [0.2, 0.25) is 0 Å². The first kappa shape index (κ1) is 25.0. The van der Waals surface area contributed by atoms with Gasteiger partial charge in [-0.15, -0.1) is 0 Å². The number of hydrogen-bond acceptors (Lipinski definition) is 2. The van der Waals surface area contributed by atoms with Gasteiger partial charge in [0.25, 0.3) is 10.1 Å². The Morgan fingerprint density at radius 3 is 2.37 bits per heavy atom. The molecule has 4 aliphatic carbocycles. The fraction of sp³-hybridized carbons (Fsp3) is 0.690. The Bertz CT molecular complexity index is 1130. The minimum atomic E-state index is -4.15. The van der Waals surface area contributed by atoms with Crippen molar-refractivity contribution in [3.63, 3.8) is 0 Å². The van der Waals surface area contributed by atoms with Crippen molar-refractivity contribution < 1.29 is 17.5 Å². The van der Waals surface area contributed by atoms with E-state index in [4.69, 9.17) is 0 Å². The number of fused-ring (bicyclic) bond motifs is 5. The maximum absolute atomic E-state index is 11.5. The molecule has 3 unspecified atom stereocenters. The van der Waals surface area contributed by atoms with Crippen LogP contribution in [0.4, 0.5) is 0 Å². The second-order valence-corrected chi connectivity index (χ2v) is 13.6. The second-order valence-electron chi connectivity index (χ2n) is 12.2. The van der Waals surface area contributed by atoms with Crippen molar-refractivity contribution in [3.8, 4) is 0 Å². The lowest BCUT2D eigenvalue weighted by molar-refractivity contribution is -0.671. The SMILES string of the molecule is CC(c1ccc(S(=O)(=O)O)cc1)C12CCCC(C(C)CCn3cc[n+](C)c3)(CCC1)[C@@H]1CC1CC2. The van der Waals surface area contributed by atoms with Crippen molar-refractivity contribution in [2.24, 2.45) is 35.6 Å². The molecule has 0 aliphatic heterocycles. The highest BCUT2D eigenvalue weighted by molar-refractivity contribution is 7.85. The second kappa shape index (κ2) is 9.33. The lowest BCUT2D eigenvalue weighted by Crippen LogP contribution is -2.36. The van der Waals surface area contributed by atoms with Gasteiger partial charge in [-0.05, 0) is 104 Å². The summed E-state index contributed by atoms with van der Waals surface area (Å²) in [7, 11) is -2.05. The van der Waals surface area contributed by atoms with E-state index in [0.717, 1.165) is 24.3 Å². The molecular weight excluding hydrogens is 456 g/mol. The number of benzene rings is 1. The fourth-order valence-electron chi connectivity index (χ4n) is 8.21. The minimum absolute atomic E-state index is 0.00802. The van der Waals surface area contributed by atoms with Crippen LogP contribution in [0.25, 0.3) is 0 Å². The minimum Gasteiger partial charge on any atom is -0.282 e. The van der Waals surface area contributed by atoms with Crippen molar-refractivity contribution >= 4 is 10.1 Å². The third-order valence-corrected chi connectivity index (χ3v) is 11.4. The number of nitrogens with zero attached hydrogens (tertiary/aromatic N) is 2. The van der Waals surface area contributed by atoms with Crippen molar-refractivity contribution in [1.29, 1.82) is 0 Å². The van der Waals surface area contributed by atoms with E-state index in [9.17, 15) is 13.0 Å². The molecule has 35 heavy (non-hydrogen) atoms. The van der Waals surface area contributed by atoms with Crippen LogP contribution in [0.1, 0.15) is 89.5 Å². The van der Waals surface area contributed by atoms with Gasteiger partial charge in [0.1, 0.15) is 12.4 Å². The van der Waals surface area contributed by atoms with E-state index >= 15 is 0 Å². The lowest BCUT2D eigenvalue weighted by Gasteiger charge is -2.46. The molecule has 1 aromatic carbocycles. The topological polar surface area (TPSA) is 63.2 Å². The molecule has 1 aromatic heterocycles. The highest BCUT2D eigenvalue weighted by Gasteiger charge is 2.56. The smallest absolute Gasteiger partial charge is 0.282 e. The van der Waals surface area contributed by atoms with Gasteiger partial charge in [-0.1, -0.05) is 38.8 Å². The summed E-state index contributed by atoms with van der Waals surface area (Å²) in [6.07, 6.45) is 19.7. The maximum Gasteiger partial charge on any atom is 0.294 e. The Kier molecular flexibility index (Phi) is 6.67. The molecule has 6 heteroatoms. The van der Waals surface area contributed by atoms with Crippen LogP contribution in [0.15, 0.2) is 47.9 Å². The van der Waals surface area contributed by atoms with Crippen LogP contribution in [0.5, 0.6) is 0 Å². The highest BCUT2D eigenvalue weighted by Crippen LogP contribution is 2.66. The first-order valence-electron chi connectivity index (χ1n) is 13.7. The largest absolute Gasteiger partial charge is 0.294 e. The van der Waals surface area contributed by atoms with E-state index in [-0.39, 0.29) is 4.90 Å². The predicted molar refractivity (Wildman–Crippen MR) is 137 cm³/mol. The Labute approximate surface area is 211 Å². The zero-order valence-corrected chi connectivity index (χ0v) is 22.5. The average Bonchev–Trinajstić information content (AvgIpc) is 3.45. The van der Waals surface area contributed by atoms with Gasteiger partial charge in [-0.3, -0.25) is 4.55 Å². The van der Waals surface area contributed by atoms with E-state index in [1.165, 1.54) is 69.8 Å². The predicted octanol–water partition coefficient (Wildman–Crippen LogP) is 6.15. The summed E-state index contributed by atoms with van der Waals surface area (Å²) in [5.74, 6) is 2.96. The molecule has 0 radical (unpaired) electrons. The van der Waals surface area contributed by atoms with E-state index in [1.807, 2.05) is 12.1 Å². The molecule has 1 N–H and O–H groups in total. The van der Waals surface area contributed by atoms with Gasteiger partial charge >= 0.3 is 0 Å². The molecule has 1 heterocycles. The third-order valence-electron chi connectivity index (χ3n) is 10.5. The third kappa shape index (κ3) is 4.85. The Morgan fingerprint density at radius 2 is 1.77 bits per heavy atom. The van der Waals surface area contributed by atoms with E-state index in [2.05, 4.69) is 48.8 Å². The van der Waals surface area contributed by atoms with Crippen LogP contribution >= 0.6 is 0 Å². The van der Waals surface area contributed by atoms with Gasteiger partial charge in [-0.25, -0.2) is 9.13 Å². The molecule has 192 valence electrons. The molecule has 0 spiro atoms. The first-order chi connectivity index (χ1) is 16.6. The molecule has 2 aromatic rings. The lowest BCUT2D eigenvalue weighted by atomic mass is 9.59. The fourth-order valence-corrected chi connectivity index (χ4v) is 8.69. The summed E-state index contributed by atoms with van der Waals surface area (Å²) >= 11 is 0. The van der Waals surface area contributed by atoms with Crippen LogP contribution < -0.4 is 4.57 Å². The van der Waals surface area contributed by atoms with Crippen LogP contribution in [-0.2, 0) is 23.7 Å². The number of aryl methyl sites for hydroxylation is 2. The molecule has 0 amide bonds. The summed E-state index contributed by atoms with van der Waals surface area (Å²) in [4.78, 5) is -0.00802. The van der Waals surface area contributed by atoms with Crippen molar-refractivity contribution in [1.82, 2.24) is 4.57 Å². The van der Waals surface area contributed by atoms with Crippen LogP contribution in [0.3, 0.4) is 0 Å². The van der Waals surface area contributed by atoms with Crippen molar-refractivity contribution in [2.45, 2.75) is 95.4 Å². The first-order valence-corrected chi connectivity index (χ1v) is 15.2. The highest BCUT2D eigenvalue weighted by atomic mass is 32.2. The van der Waals surface area contributed by atoms with Gasteiger partial charge < -0.3 is 0 Å². The number of aromatic nitrogens is 2. The number of imidazole rings is 1. The quantitative estimate of drug-likeness (QED) is 0.367. The van der Waals surface area contributed by atoms with Gasteiger partial charge in [0.05, 0.1) is 18.5 Å². The maximum atomic E-state index is 11.5. The standard InChI is InChI=1S/C29H42N2O3S/c1-22(11-17-31-19-18-30(3)21-31)29-14-4-12-28(13-5-15-29,16-10-25-20-27(25)29)23(2)24-6-8-26(9-7-24)35(32,33)34/h6-9,18-19,21-23,25,27H,4-5,10-17,20H2,1-3H3/p+1/t22?,23?,25?,27-,28?,29?/m1/s1. The summed E-state index contributed by atoms with van der Waals surface area (Å²) in [5.41, 5.74) is 2.02. The number of hydrogen-bond donors (Lipinski definition) is 1. The number of rotatable bonds is 7. The molecule has 2 bridgehead atoms. The van der Waals surface area contributed by atoms with Gasteiger partial charge in [0.15, 0.2) is 0 Å². The van der Waals surface area contributed by atoms with E-state index in [1.54, 1.807) is 12.1 Å². The van der Waals surface area contributed by atoms with E-state index in [0.29, 0.717) is 16.7 Å². The summed E-state index contributed by atoms with van der Waals surface area (Å²) in [6, 6.07) is 7.01. The van der Waals surface area contributed by atoms with E-state index < -0.39 is 10.1 Å². The molecule has 5 nitrogen and oxygen atoms in total. The summed E-state index contributed by atoms with van der Waals surface area (Å²) < 4.78 is 36.9. The van der Waals surface area contributed by atoms with Gasteiger partial charge in [0.2, 0.25) is 6.33 Å². The molecule has 4 atom stereocenters. The molecule has 4 aliphatic rings. The normalized spacial score (nSPS) is 32.6. The van der Waals surface area contributed by atoms with Gasteiger partial charge in [-0.2, -0.15) is 8.42 Å². The zero-order valence-electron chi connectivity index (χ0n) is 21.7. The monoisotopic (exact) mass is 499 g/mol. The summed E-state index contributed by atoms with van der Waals surface area (Å²) in [5, 5.41) is 0. The Morgan fingerprint density at radius 1 is 1.09 bits per heavy atom. The molecule has 4 saturated carbocycles. The average molecular weight is 500 g/mol. The van der Waals surface area contributed by atoms with Crippen molar-refractivity contribution in [3.05, 3.63) is 48.5 Å². The van der Waals surface area contributed by atoms with Crippen LogP contribution in [0, 0.1) is 28.6 Å². The Hall–Kier alpha value is -1.66. The Balaban J connectivity index is 1.34. The van der Waals surface area contributed by atoms with Crippen LogP contribution in [-0.4, -0.2) is 17.5 Å². The molecular formula is C29H43N2O3S+. The zero-order chi connectivity index (χ0) is 24.8. The molecule has 4 fully saturated rings.